The van der Waals surface area contributed by atoms with Crippen LogP contribution in [0.25, 0.3) is 0 Å². The molecule has 4 rings (SSSR count). The number of amides is 2. The second kappa shape index (κ2) is 10.7. The SMILES string of the molecule is CS(=O)(=O)c1ccc(C(=O)C2CCN(C(=O)c3ccc(C(=O)NC4CCNCC4)cn3)CC2)cc1. The molecule has 0 bridgehead atoms. The number of pyridine rings is 1. The molecule has 186 valence electrons. The normalized spacial score (nSPS) is 17.7. The highest BCUT2D eigenvalue weighted by Crippen LogP contribution is 2.23. The van der Waals surface area contributed by atoms with Gasteiger partial charge in [0.05, 0.1) is 10.5 Å². The molecule has 2 fully saturated rings. The Hall–Kier alpha value is -3.11. The molecule has 2 saturated heterocycles. The van der Waals surface area contributed by atoms with Crippen molar-refractivity contribution in [2.45, 2.75) is 36.6 Å². The molecule has 2 aliphatic heterocycles. The van der Waals surface area contributed by atoms with Crippen molar-refractivity contribution in [3.63, 3.8) is 0 Å². The Morgan fingerprint density at radius 2 is 1.57 bits per heavy atom. The monoisotopic (exact) mass is 498 g/mol. The van der Waals surface area contributed by atoms with E-state index in [1.54, 1.807) is 29.2 Å². The van der Waals surface area contributed by atoms with E-state index in [2.05, 4.69) is 15.6 Å². The Morgan fingerprint density at radius 1 is 0.943 bits per heavy atom. The van der Waals surface area contributed by atoms with Crippen LogP contribution in [0.2, 0.25) is 0 Å². The van der Waals surface area contributed by atoms with Crippen molar-refractivity contribution in [1.29, 1.82) is 0 Å². The Morgan fingerprint density at radius 3 is 2.14 bits per heavy atom. The summed E-state index contributed by atoms with van der Waals surface area (Å²) >= 11 is 0. The van der Waals surface area contributed by atoms with Crippen LogP contribution in [0.1, 0.15) is 56.9 Å². The number of carbonyl (C=O) groups excluding carboxylic acids is 3. The van der Waals surface area contributed by atoms with E-state index in [0.717, 1.165) is 32.2 Å². The molecule has 0 aliphatic carbocycles. The van der Waals surface area contributed by atoms with Gasteiger partial charge in [0.2, 0.25) is 0 Å². The molecule has 0 unspecified atom stereocenters. The molecular weight excluding hydrogens is 468 g/mol. The van der Waals surface area contributed by atoms with Crippen molar-refractivity contribution >= 4 is 27.4 Å². The van der Waals surface area contributed by atoms with E-state index in [1.165, 1.54) is 18.3 Å². The highest BCUT2D eigenvalue weighted by atomic mass is 32.2. The van der Waals surface area contributed by atoms with Gasteiger partial charge in [0.25, 0.3) is 11.8 Å². The third-order valence-electron chi connectivity index (χ3n) is 6.64. The van der Waals surface area contributed by atoms with Crippen LogP contribution in [0.3, 0.4) is 0 Å². The number of piperidine rings is 2. The van der Waals surface area contributed by atoms with Crippen LogP contribution >= 0.6 is 0 Å². The summed E-state index contributed by atoms with van der Waals surface area (Å²) in [5, 5.41) is 6.27. The average Bonchev–Trinajstić information content (AvgIpc) is 2.88. The van der Waals surface area contributed by atoms with Gasteiger partial charge >= 0.3 is 0 Å². The van der Waals surface area contributed by atoms with Gasteiger partial charge in [-0.15, -0.1) is 0 Å². The third-order valence-corrected chi connectivity index (χ3v) is 7.77. The van der Waals surface area contributed by atoms with E-state index in [9.17, 15) is 22.8 Å². The fourth-order valence-electron chi connectivity index (χ4n) is 4.50. The van der Waals surface area contributed by atoms with Gasteiger partial charge in [-0.1, -0.05) is 12.1 Å². The molecule has 35 heavy (non-hydrogen) atoms. The Labute approximate surface area is 205 Å². The third kappa shape index (κ3) is 6.12. The summed E-state index contributed by atoms with van der Waals surface area (Å²) in [6, 6.07) is 9.32. The first-order valence-electron chi connectivity index (χ1n) is 11.8. The van der Waals surface area contributed by atoms with Crippen LogP contribution in [0.4, 0.5) is 0 Å². The number of hydrogen-bond donors (Lipinski definition) is 2. The topological polar surface area (TPSA) is 126 Å². The lowest BCUT2D eigenvalue weighted by Gasteiger charge is -2.31. The van der Waals surface area contributed by atoms with Crippen LogP contribution in [0.15, 0.2) is 47.5 Å². The van der Waals surface area contributed by atoms with Crippen molar-refractivity contribution in [2.75, 3.05) is 32.4 Å². The summed E-state index contributed by atoms with van der Waals surface area (Å²) in [6.07, 6.45) is 5.38. The largest absolute Gasteiger partial charge is 0.349 e. The Balaban J connectivity index is 1.30. The molecule has 1 aromatic carbocycles. The molecular formula is C25H30N4O5S. The molecule has 2 aliphatic rings. The minimum Gasteiger partial charge on any atom is -0.349 e. The number of nitrogens with one attached hydrogen (secondary N) is 2. The maximum Gasteiger partial charge on any atom is 0.272 e. The summed E-state index contributed by atoms with van der Waals surface area (Å²) in [5.74, 6) is -0.678. The molecule has 0 radical (unpaired) electrons. The minimum absolute atomic E-state index is 0.0422. The number of aromatic nitrogens is 1. The van der Waals surface area contributed by atoms with E-state index in [1.807, 2.05) is 0 Å². The molecule has 2 amide bonds. The second-order valence-electron chi connectivity index (χ2n) is 9.16. The van der Waals surface area contributed by atoms with E-state index >= 15 is 0 Å². The van der Waals surface area contributed by atoms with E-state index < -0.39 is 9.84 Å². The van der Waals surface area contributed by atoms with Crippen molar-refractivity contribution < 1.29 is 22.8 Å². The predicted molar refractivity (Wildman–Crippen MR) is 130 cm³/mol. The quantitative estimate of drug-likeness (QED) is 0.581. The molecule has 0 saturated carbocycles. The zero-order valence-corrected chi connectivity index (χ0v) is 20.5. The molecule has 9 nitrogen and oxygen atoms in total. The number of ketones is 1. The number of rotatable bonds is 6. The van der Waals surface area contributed by atoms with Gasteiger partial charge in [-0.25, -0.2) is 8.42 Å². The van der Waals surface area contributed by atoms with Gasteiger partial charge in [-0.2, -0.15) is 0 Å². The van der Waals surface area contributed by atoms with Gasteiger partial charge in [0, 0.05) is 43.1 Å². The van der Waals surface area contributed by atoms with Gasteiger partial charge in [0.15, 0.2) is 15.6 Å². The van der Waals surface area contributed by atoms with Crippen LogP contribution in [0.5, 0.6) is 0 Å². The lowest BCUT2D eigenvalue weighted by atomic mass is 9.89. The van der Waals surface area contributed by atoms with E-state index in [-0.39, 0.29) is 40.1 Å². The molecule has 3 heterocycles. The number of carbonyl (C=O) groups is 3. The molecule has 2 N–H and O–H groups in total. The highest BCUT2D eigenvalue weighted by Gasteiger charge is 2.29. The number of hydrogen-bond acceptors (Lipinski definition) is 7. The number of benzene rings is 1. The first-order valence-corrected chi connectivity index (χ1v) is 13.7. The van der Waals surface area contributed by atoms with Gasteiger partial charge in [0.1, 0.15) is 5.69 Å². The van der Waals surface area contributed by atoms with Crippen molar-refractivity contribution in [3.8, 4) is 0 Å². The first kappa shape index (κ1) is 25.0. The highest BCUT2D eigenvalue weighted by molar-refractivity contribution is 7.90. The van der Waals surface area contributed by atoms with Crippen LogP contribution < -0.4 is 10.6 Å². The standard InChI is InChI=1S/C25H30N4O5S/c1-35(33,34)21-5-2-17(3-6-21)23(30)18-10-14-29(15-11-18)25(32)22-7-4-19(16-27-22)24(31)28-20-8-12-26-13-9-20/h2-7,16,18,20,26H,8-15H2,1H3,(H,28,31). The predicted octanol–water partition coefficient (Wildman–Crippen LogP) is 1.70. The molecule has 1 aromatic heterocycles. The molecule has 2 aromatic rings. The van der Waals surface area contributed by atoms with Crippen LogP contribution in [-0.2, 0) is 9.84 Å². The van der Waals surface area contributed by atoms with Crippen molar-refractivity contribution in [3.05, 3.63) is 59.4 Å². The maximum absolute atomic E-state index is 12.9. The van der Waals surface area contributed by atoms with Gasteiger partial charge in [-0.05, 0) is 63.0 Å². The number of likely N-dealkylation sites (tertiary alicyclic amines) is 1. The summed E-state index contributed by atoms with van der Waals surface area (Å²) in [7, 11) is -3.31. The van der Waals surface area contributed by atoms with Crippen LogP contribution in [0, 0.1) is 5.92 Å². The Bertz CT molecular complexity index is 1180. The summed E-state index contributed by atoms with van der Waals surface area (Å²) in [4.78, 5) is 44.3. The lowest BCUT2D eigenvalue weighted by molar-refractivity contribution is 0.0645. The van der Waals surface area contributed by atoms with Crippen molar-refractivity contribution in [2.24, 2.45) is 5.92 Å². The average molecular weight is 499 g/mol. The van der Waals surface area contributed by atoms with Gasteiger partial charge < -0.3 is 15.5 Å². The summed E-state index contributed by atoms with van der Waals surface area (Å²) in [5.41, 5.74) is 1.16. The zero-order valence-electron chi connectivity index (χ0n) is 19.7. The fourth-order valence-corrected chi connectivity index (χ4v) is 5.13. The van der Waals surface area contributed by atoms with Crippen LogP contribution in [-0.4, -0.2) is 74.4 Å². The van der Waals surface area contributed by atoms with E-state index in [0.29, 0.717) is 37.1 Å². The lowest BCUT2D eigenvalue weighted by Crippen LogP contribution is -2.42. The smallest absolute Gasteiger partial charge is 0.272 e. The Kier molecular flexibility index (Phi) is 7.61. The van der Waals surface area contributed by atoms with E-state index in [4.69, 9.17) is 0 Å². The zero-order chi connectivity index (χ0) is 25.0. The molecule has 0 atom stereocenters. The minimum atomic E-state index is -3.31. The maximum atomic E-state index is 12.9. The fraction of sp³-hybridized carbons (Fsp3) is 0.440. The molecule has 0 spiro atoms. The van der Waals surface area contributed by atoms with Crippen molar-refractivity contribution in [1.82, 2.24) is 20.5 Å². The number of nitrogens with zero attached hydrogens (tertiary/aromatic N) is 2. The second-order valence-corrected chi connectivity index (χ2v) is 11.2. The summed E-state index contributed by atoms with van der Waals surface area (Å²) in [6.45, 7) is 2.62. The molecule has 10 heteroatoms. The van der Waals surface area contributed by atoms with Gasteiger partial charge in [-0.3, -0.25) is 19.4 Å². The number of sulfone groups is 1. The first-order chi connectivity index (χ1) is 16.7. The number of Topliss-reactive ketones (excluding diaryl/α,β-unsaturated/α-hetero) is 1. The summed E-state index contributed by atoms with van der Waals surface area (Å²) < 4.78 is 23.2.